The lowest BCUT2D eigenvalue weighted by Crippen LogP contribution is -2.39. The zero-order chi connectivity index (χ0) is 23.3. The second kappa shape index (κ2) is 7.92. The number of benzene rings is 2. The number of hydrogen-bond acceptors (Lipinski definition) is 5. The van der Waals surface area contributed by atoms with E-state index in [1.165, 1.54) is 22.5 Å². The fourth-order valence-electron chi connectivity index (χ4n) is 4.64. The number of rotatable bonds is 3. The lowest BCUT2D eigenvalue weighted by atomic mass is 9.95. The van der Waals surface area contributed by atoms with Gasteiger partial charge in [-0.2, -0.15) is 0 Å². The van der Waals surface area contributed by atoms with Gasteiger partial charge in [-0.1, -0.05) is 18.2 Å². The van der Waals surface area contributed by atoms with E-state index in [-0.39, 0.29) is 17.7 Å². The van der Waals surface area contributed by atoms with Crippen molar-refractivity contribution in [3.05, 3.63) is 63.3 Å². The van der Waals surface area contributed by atoms with Gasteiger partial charge < -0.3 is 19.8 Å². The van der Waals surface area contributed by atoms with Crippen molar-refractivity contribution in [3.63, 3.8) is 0 Å². The minimum absolute atomic E-state index is 0.000511. The molecule has 0 saturated heterocycles. The molecule has 2 aromatic carbocycles. The molecule has 4 aromatic rings. The summed E-state index contributed by atoms with van der Waals surface area (Å²) in [6.07, 6.45) is 1.11. The maximum absolute atomic E-state index is 12.5. The third-order valence-corrected chi connectivity index (χ3v) is 6.84. The first kappa shape index (κ1) is 21.5. The lowest BCUT2D eigenvalue weighted by molar-refractivity contribution is 0.0506. The molecule has 0 radical (unpaired) electrons. The molecule has 1 unspecified atom stereocenters. The standard InChI is InChI=1S/C26H26N2O4S/c1-26(2,3)32-25(30)27-17-12-14-5-6-15(11-16(14)13-17)21-20(31-4)8-7-19-22(21)18-9-10-33-23(18)24(29)28-19/h5-11,17H,12-13H2,1-4H3,(H,27,30)(H,28,29). The maximum Gasteiger partial charge on any atom is 0.407 e. The first-order chi connectivity index (χ1) is 15.7. The van der Waals surface area contributed by atoms with Crippen LogP contribution in [0, 0.1) is 0 Å². The van der Waals surface area contributed by atoms with E-state index in [9.17, 15) is 9.59 Å². The highest BCUT2D eigenvalue weighted by Gasteiger charge is 2.26. The predicted molar refractivity (Wildman–Crippen MR) is 133 cm³/mol. The summed E-state index contributed by atoms with van der Waals surface area (Å²) < 4.78 is 11.9. The Labute approximate surface area is 195 Å². The van der Waals surface area contributed by atoms with E-state index in [1.54, 1.807) is 7.11 Å². The van der Waals surface area contributed by atoms with Gasteiger partial charge in [-0.25, -0.2) is 4.79 Å². The third kappa shape index (κ3) is 3.97. The Morgan fingerprint density at radius 1 is 1.12 bits per heavy atom. The number of alkyl carbamates (subject to hydrolysis) is 1. The number of amides is 1. The van der Waals surface area contributed by atoms with Crippen LogP contribution in [0.4, 0.5) is 4.79 Å². The fraction of sp³-hybridized carbons (Fsp3) is 0.308. The van der Waals surface area contributed by atoms with Crippen LogP contribution in [0.1, 0.15) is 31.9 Å². The molecule has 1 aliphatic rings. The molecule has 2 N–H and O–H groups in total. The van der Waals surface area contributed by atoms with E-state index in [0.29, 0.717) is 4.70 Å². The number of hydrogen-bond donors (Lipinski definition) is 2. The second-order valence-electron chi connectivity index (χ2n) is 9.42. The number of aromatic nitrogens is 1. The van der Waals surface area contributed by atoms with Crippen molar-refractivity contribution in [2.75, 3.05) is 7.11 Å². The van der Waals surface area contributed by atoms with E-state index in [2.05, 4.69) is 28.5 Å². The quantitative estimate of drug-likeness (QED) is 0.427. The summed E-state index contributed by atoms with van der Waals surface area (Å²) >= 11 is 1.44. The highest BCUT2D eigenvalue weighted by molar-refractivity contribution is 7.17. The average Bonchev–Trinajstić information content (AvgIpc) is 3.38. The summed E-state index contributed by atoms with van der Waals surface area (Å²) in [6.45, 7) is 5.58. The van der Waals surface area contributed by atoms with Crippen molar-refractivity contribution >= 4 is 38.4 Å². The Kier molecular flexibility index (Phi) is 5.16. The normalized spacial score (nSPS) is 15.6. The van der Waals surface area contributed by atoms with E-state index in [1.807, 2.05) is 44.4 Å². The Balaban J connectivity index is 1.55. The fourth-order valence-corrected chi connectivity index (χ4v) is 5.43. The van der Waals surface area contributed by atoms with Gasteiger partial charge in [0.15, 0.2) is 0 Å². The molecule has 2 heterocycles. The average molecular weight is 463 g/mol. The number of fused-ring (bicyclic) bond motifs is 4. The molecule has 0 aliphatic heterocycles. The SMILES string of the molecule is COc1ccc2[nH]c(=O)c3sccc3c2c1-c1ccc2c(c1)CC(NC(=O)OC(C)(C)C)C2. The van der Waals surface area contributed by atoms with Crippen molar-refractivity contribution < 1.29 is 14.3 Å². The van der Waals surface area contributed by atoms with Gasteiger partial charge in [0, 0.05) is 27.9 Å². The monoisotopic (exact) mass is 462 g/mol. The molecule has 33 heavy (non-hydrogen) atoms. The van der Waals surface area contributed by atoms with Crippen molar-refractivity contribution in [2.45, 2.75) is 45.3 Å². The van der Waals surface area contributed by atoms with Crippen LogP contribution in [0.15, 0.2) is 46.6 Å². The van der Waals surface area contributed by atoms with Gasteiger partial charge in [0.25, 0.3) is 5.56 Å². The molecule has 0 saturated carbocycles. The number of nitrogens with one attached hydrogen (secondary N) is 2. The van der Waals surface area contributed by atoms with Gasteiger partial charge in [0.05, 0.1) is 7.11 Å². The van der Waals surface area contributed by atoms with Crippen LogP contribution >= 0.6 is 11.3 Å². The predicted octanol–water partition coefficient (Wildman–Crippen LogP) is 5.41. The summed E-state index contributed by atoms with van der Waals surface area (Å²) in [5.41, 5.74) is 4.57. The molecule has 0 bridgehead atoms. The van der Waals surface area contributed by atoms with Crippen LogP contribution in [0.25, 0.3) is 32.1 Å². The highest BCUT2D eigenvalue weighted by atomic mass is 32.1. The number of aromatic amines is 1. The van der Waals surface area contributed by atoms with Gasteiger partial charge in [0.2, 0.25) is 0 Å². The van der Waals surface area contributed by atoms with Crippen LogP contribution < -0.4 is 15.6 Å². The van der Waals surface area contributed by atoms with Crippen LogP contribution in [-0.4, -0.2) is 29.8 Å². The first-order valence-electron chi connectivity index (χ1n) is 11.0. The molecule has 7 heteroatoms. The molecule has 1 amide bonds. The van der Waals surface area contributed by atoms with E-state index < -0.39 is 5.60 Å². The summed E-state index contributed by atoms with van der Waals surface area (Å²) in [6, 6.07) is 12.2. The Bertz CT molecular complexity index is 1440. The first-order valence-corrected chi connectivity index (χ1v) is 11.8. The summed E-state index contributed by atoms with van der Waals surface area (Å²) in [7, 11) is 1.66. The minimum atomic E-state index is -0.526. The largest absolute Gasteiger partial charge is 0.496 e. The Hall–Kier alpha value is -3.32. The van der Waals surface area contributed by atoms with Crippen LogP contribution in [-0.2, 0) is 17.6 Å². The summed E-state index contributed by atoms with van der Waals surface area (Å²) in [5, 5.41) is 6.85. The topological polar surface area (TPSA) is 80.4 Å². The number of ether oxygens (including phenoxy) is 2. The van der Waals surface area contributed by atoms with Crippen LogP contribution in [0.5, 0.6) is 5.75 Å². The van der Waals surface area contributed by atoms with Gasteiger partial charge in [-0.15, -0.1) is 11.3 Å². The molecule has 1 atom stereocenters. The number of carbonyl (C=O) groups excluding carboxylic acids is 1. The van der Waals surface area contributed by atoms with Gasteiger partial charge in [-0.05, 0) is 73.9 Å². The zero-order valence-corrected chi connectivity index (χ0v) is 19.9. The number of pyridine rings is 1. The third-order valence-electron chi connectivity index (χ3n) is 5.92. The smallest absolute Gasteiger partial charge is 0.407 e. The molecule has 6 nitrogen and oxygen atoms in total. The second-order valence-corrected chi connectivity index (χ2v) is 10.3. The van der Waals surface area contributed by atoms with E-state index in [0.717, 1.165) is 46.0 Å². The molecule has 5 rings (SSSR count). The maximum atomic E-state index is 12.5. The van der Waals surface area contributed by atoms with Gasteiger partial charge >= 0.3 is 6.09 Å². The number of methoxy groups -OCH3 is 1. The molecule has 170 valence electrons. The summed E-state index contributed by atoms with van der Waals surface area (Å²) in [5.74, 6) is 0.753. The molecule has 0 fully saturated rings. The highest BCUT2D eigenvalue weighted by Crippen LogP contribution is 2.41. The molecule has 2 aromatic heterocycles. The zero-order valence-electron chi connectivity index (χ0n) is 19.1. The van der Waals surface area contributed by atoms with Crippen LogP contribution in [0.3, 0.4) is 0 Å². The number of thiophene rings is 1. The lowest BCUT2D eigenvalue weighted by Gasteiger charge is -2.21. The van der Waals surface area contributed by atoms with Gasteiger partial charge in [0.1, 0.15) is 16.1 Å². The number of H-pyrrole nitrogens is 1. The van der Waals surface area contributed by atoms with E-state index in [4.69, 9.17) is 9.47 Å². The molecular weight excluding hydrogens is 436 g/mol. The van der Waals surface area contributed by atoms with Crippen molar-refractivity contribution in [3.8, 4) is 16.9 Å². The molecule has 1 aliphatic carbocycles. The van der Waals surface area contributed by atoms with Gasteiger partial charge in [-0.3, -0.25) is 4.79 Å². The van der Waals surface area contributed by atoms with Crippen molar-refractivity contribution in [1.29, 1.82) is 0 Å². The van der Waals surface area contributed by atoms with Crippen LogP contribution in [0.2, 0.25) is 0 Å². The molecule has 0 spiro atoms. The minimum Gasteiger partial charge on any atom is -0.496 e. The van der Waals surface area contributed by atoms with Crippen molar-refractivity contribution in [2.24, 2.45) is 0 Å². The Morgan fingerprint density at radius 3 is 2.67 bits per heavy atom. The molecular formula is C26H26N2O4S. The van der Waals surface area contributed by atoms with Crippen molar-refractivity contribution in [1.82, 2.24) is 10.3 Å². The summed E-state index contributed by atoms with van der Waals surface area (Å²) in [4.78, 5) is 27.7. The van der Waals surface area contributed by atoms with E-state index >= 15 is 0 Å². The number of carbonyl (C=O) groups is 1. The Morgan fingerprint density at radius 2 is 1.91 bits per heavy atom.